The lowest BCUT2D eigenvalue weighted by Gasteiger charge is -2.10. The first-order valence-electron chi connectivity index (χ1n) is 5.50. The molecule has 2 aromatic carbocycles. The van der Waals surface area contributed by atoms with Gasteiger partial charge in [0.05, 0.1) is 4.83 Å². The zero-order valence-corrected chi connectivity index (χ0v) is 11.8. The largest absolute Gasteiger partial charge is 0.293 e. The summed E-state index contributed by atoms with van der Waals surface area (Å²) in [7, 11) is 0. The van der Waals surface area contributed by atoms with Crippen LogP contribution in [-0.4, -0.2) is 10.6 Å². The Kier molecular flexibility index (Phi) is 3.85. The quantitative estimate of drug-likeness (QED) is 0.585. The van der Waals surface area contributed by atoms with Gasteiger partial charge in [0, 0.05) is 16.0 Å². The molecule has 0 spiro atoms. The minimum absolute atomic E-state index is 0.111. The van der Waals surface area contributed by atoms with Crippen molar-refractivity contribution in [2.45, 2.75) is 18.2 Å². The van der Waals surface area contributed by atoms with Crippen LogP contribution in [0.5, 0.6) is 0 Å². The number of benzene rings is 2. The predicted molar refractivity (Wildman–Crippen MR) is 76.3 cm³/mol. The summed E-state index contributed by atoms with van der Waals surface area (Å²) < 4.78 is 0. The number of alkyl halides is 1. The third kappa shape index (κ3) is 2.38. The van der Waals surface area contributed by atoms with E-state index in [4.69, 9.17) is 11.6 Å². The van der Waals surface area contributed by atoms with E-state index >= 15 is 0 Å². The first kappa shape index (κ1) is 12.6. The van der Waals surface area contributed by atoms with E-state index in [0.29, 0.717) is 5.02 Å². The third-order valence-corrected chi connectivity index (χ3v) is 4.17. The Hall–Kier alpha value is -0.860. The predicted octanol–water partition coefficient (Wildman–Crippen LogP) is 4.85. The first-order valence-corrected chi connectivity index (χ1v) is 6.80. The number of ketones is 1. The van der Waals surface area contributed by atoms with E-state index in [2.05, 4.69) is 15.9 Å². The summed E-state index contributed by atoms with van der Waals surface area (Å²) in [5.41, 5.74) is 0.730. The molecule has 0 N–H and O–H groups in total. The summed E-state index contributed by atoms with van der Waals surface area (Å²) in [4.78, 5) is 12.1. The molecule has 0 aliphatic rings. The summed E-state index contributed by atoms with van der Waals surface area (Å²) in [5.74, 6) is 0.111. The smallest absolute Gasteiger partial charge is 0.177 e. The van der Waals surface area contributed by atoms with Crippen molar-refractivity contribution in [3.05, 3.63) is 47.0 Å². The number of hydrogen-bond donors (Lipinski definition) is 0. The van der Waals surface area contributed by atoms with Crippen LogP contribution in [0.3, 0.4) is 0 Å². The van der Waals surface area contributed by atoms with Crippen molar-refractivity contribution in [3.8, 4) is 0 Å². The lowest BCUT2D eigenvalue weighted by Crippen LogP contribution is -2.13. The average molecular weight is 312 g/mol. The van der Waals surface area contributed by atoms with Gasteiger partial charge in [0.1, 0.15) is 0 Å². The van der Waals surface area contributed by atoms with Gasteiger partial charge < -0.3 is 0 Å². The number of rotatable bonds is 3. The lowest BCUT2D eigenvalue weighted by atomic mass is 9.99. The highest BCUT2D eigenvalue weighted by Crippen LogP contribution is 2.28. The molecule has 0 saturated heterocycles. The van der Waals surface area contributed by atoms with Crippen molar-refractivity contribution in [2.24, 2.45) is 0 Å². The highest BCUT2D eigenvalue weighted by Gasteiger charge is 2.17. The molecule has 2 rings (SSSR count). The van der Waals surface area contributed by atoms with Crippen molar-refractivity contribution in [1.29, 1.82) is 0 Å². The fraction of sp³-hybridized carbons (Fsp3) is 0.214. The molecule has 0 amide bonds. The van der Waals surface area contributed by atoms with Crippen LogP contribution in [0.15, 0.2) is 36.4 Å². The van der Waals surface area contributed by atoms with E-state index in [1.807, 2.05) is 31.2 Å². The standard InChI is InChI=1S/C14H12BrClO/c1-2-12(15)14(17)11-7-8-13(16)10-6-4-3-5-9(10)11/h3-8,12H,2H2,1H3. The summed E-state index contributed by atoms with van der Waals surface area (Å²) in [6, 6.07) is 11.3. The van der Waals surface area contributed by atoms with Crippen LogP contribution in [0.4, 0.5) is 0 Å². The molecule has 1 atom stereocenters. The fourth-order valence-corrected chi connectivity index (χ4v) is 2.31. The van der Waals surface area contributed by atoms with Crippen LogP contribution >= 0.6 is 27.5 Å². The molecule has 3 heteroatoms. The average Bonchev–Trinajstić information content (AvgIpc) is 2.38. The molecular weight excluding hydrogens is 300 g/mol. The number of carbonyl (C=O) groups is 1. The normalized spacial score (nSPS) is 12.6. The second kappa shape index (κ2) is 5.19. The van der Waals surface area contributed by atoms with Gasteiger partial charge in [0.25, 0.3) is 0 Å². The van der Waals surface area contributed by atoms with E-state index in [1.165, 1.54) is 0 Å². The van der Waals surface area contributed by atoms with E-state index in [9.17, 15) is 4.79 Å². The van der Waals surface area contributed by atoms with Gasteiger partial charge in [0.2, 0.25) is 0 Å². The Morgan fingerprint density at radius 1 is 1.24 bits per heavy atom. The molecule has 0 radical (unpaired) electrons. The summed E-state index contributed by atoms with van der Waals surface area (Å²) >= 11 is 9.52. The zero-order valence-electron chi connectivity index (χ0n) is 9.41. The highest BCUT2D eigenvalue weighted by atomic mass is 79.9. The molecular formula is C14H12BrClO. The Labute approximate surface area is 114 Å². The van der Waals surface area contributed by atoms with Gasteiger partial charge in [-0.25, -0.2) is 0 Å². The lowest BCUT2D eigenvalue weighted by molar-refractivity contribution is 0.0992. The van der Waals surface area contributed by atoms with Crippen LogP contribution < -0.4 is 0 Å². The molecule has 0 heterocycles. The van der Waals surface area contributed by atoms with Crippen molar-refractivity contribution < 1.29 is 4.79 Å². The van der Waals surface area contributed by atoms with Gasteiger partial charge in [-0.05, 0) is 23.9 Å². The van der Waals surface area contributed by atoms with Gasteiger partial charge in [-0.1, -0.05) is 58.7 Å². The third-order valence-electron chi connectivity index (χ3n) is 2.78. The van der Waals surface area contributed by atoms with Crippen molar-refractivity contribution in [1.82, 2.24) is 0 Å². The van der Waals surface area contributed by atoms with Crippen molar-refractivity contribution in [2.75, 3.05) is 0 Å². The van der Waals surface area contributed by atoms with Crippen molar-refractivity contribution in [3.63, 3.8) is 0 Å². The maximum atomic E-state index is 12.2. The maximum absolute atomic E-state index is 12.2. The van der Waals surface area contributed by atoms with Crippen LogP contribution in [-0.2, 0) is 0 Å². The SMILES string of the molecule is CCC(Br)C(=O)c1ccc(Cl)c2ccccc12. The monoisotopic (exact) mass is 310 g/mol. The van der Waals surface area contributed by atoms with Crippen LogP contribution in [0, 0.1) is 0 Å². The molecule has 2 aromatic rings. The molecule has 0 fully saturated rings. The molecule has 1 nitrogen and oxygen atoms in total. The molecule has 0 aromatic heterocycles. The summed E-state index contributed by atoms with van der Waals surface area (Å²) in [5, 5.41) is 2.53. The second-order valence-electron chi connectivity index (χ2n) is 3.88. The Balaban J connectivity index is 2.63. The van der Waals surface area contributed by atoms with E-state index in [0.717, 1.165) is 22.8 Å². The van der Waals surface area contributed by atoms with Crippen molar-refractivity contribution >= 4 is 44.1 Å². The van der Waals surface area contributed by atoms with Crippen LogP contribution in [0.2, 0.25) is 5.02 Å². The fourth-order valence-electron chi connectivity index (χ4n) is 1.83. The summed E-state index contributed by atoms with van der Waals surface area (Å²) in [6.07, 6.45) is 0.774. The molecule has 0 saturated carbocycles. The Morgan fingerprint density at radius 3 is 2.53 bits per heavy atom. The molecule has 17 heavy (non-hydrogen) atoms. The van der Waals surface area contributed by atoms with E-state index in [-0.39, 0.29) is 10.6 Å². The van der Waals surface area contributed by atoms with Gasteiger partial charge in [0.15, 0.2) is 5.78 Å². The number of hydrogen-bond acceptors (Lipinski definition) is 1. The topological polar surface area (TPSA) is 17.1 Å². The molecule has 0 aliphatic carbocycles. The number of Topliss-reactive ketones (excluding diaryl/α,β-unsaturated/α-hetero) is 1. The minimum atomic E-state index is -0.132. The van der Waals surface area contributed by atoms with Gasteiger partial charge >= 0.3 is 0 Å². The minimum Gasteiger partial charge on any atom is -0.293 e. The van der Waals surface area contributed by atoms with Gasteiger partial charge in [-0.15, -0.1) is 0 Å². The zero-order chi connectivity index (χ0) is 12.4. The Morgan fingerprint density at radius 2 is 1.88 bits per heavy atom. The summed E-state index contributed by atoms with van der Waals surface area (Å²) in [6.45, 7) is 1.98. The van der Waals surface area contributed by atoms with Gasteiger partial charge in [-0.3, -0.25) is 4.79 Å². The molecule has 88 valence electrons. The number of carbonyl (C=O) groups excluding carboxylic acids is 1. The highest BCUT2D eigenvalue weighted by molar-refractivity contribution is 9.10. The molecule has 1 unspecified atom stereocenters. The number of halogens is 2. The Bertz CT molecular complexity index is 565. The second-order valence-corrected chi connectivity index (χ2v) is 5.39. The maximum Gasteiger partial charge on any atom is 0.177 e. The number of fused-ring (bicyclic) bond motifs is 1. The first-order chi connectivity index (χ1) is 8.15. The van der Waals surface area contributed by atoms with E-state index in [1.54, 1.807) is 12.1 Å². The molecule has 0 aliphatic heterocycles. The van der Waals surface area contributed by atoms with E-state index < -0.39 is 0 Å². The van der Waals surface area contributed by atoms with Crippen LogP contribution in [0.25, 0.3) is 10.8 Å². The molecule has 0 bridgehead atoms. The van der Waals surface area contributed by atoms with Crippen LogP contribution in [0.1, 0.15) is 23.7 Å². The van der Waals surface area contributed by atoms with Gasteiger partial charge in [-0.2, -0.15) is 0 Å².